The van der Waals surface area contributed by atoms with Gasteiger partial charge >= 0.3 is 0 Å². The monoisotopic (exact) mass is 201 g/mol. The molecule has 76 valence electrons. The fourth-order valence-corrected chi connectivity index (χ4v) is 1.13. The molecule has 0 aliphatic rings. The SMILES string of the molecule is CNc1nccc(Nc2cccnc2)n1. The fourth-order valence-electron chi connectivity index (χ4n) is 1.13. The molecule has 0 radical (unpaired) electrons. The van der Waals surface area contributed by atoms with Crippen molar-refractivity contribution >= 4 is 17.5 Å². The van der Waals surface area contributed by atoms with Gasteiger partial charge in [0.25, 0.3) is 0 Å². The van der Waals surface area contributed by atoms with Crippen LogP contribution in [0.4, 0.5) is 17.5 Å². The molecule has 2 N–H and O–H groups in total. The predicted molar refractivity (Wildman–Crippen MR) is 59.1 cm³/mol. The quantitative estimate of drug-likeness (QED) is 0.790. The first-order valence-electron chi connectivity index (χ1n) is 4.56. The van der Waals surface area contributed by atoms with Gasteiger partial charge < -0.3 is 10.6 Å². The van der Waals surface area contributed by atoms with Crippen LogP contribution in [0.3, 0.4) is 0 Å². The first kappa shape index (κ1) is 9.39. The zero-order chi connectivity index (χ0) is 10.5. The van der Waals surface area contributed by atoms with Crippen molar-refractivity contribution in [1.82, 2.24) is 15.0 Å². The van der Waals surface area contributed by atoms with Gasteiger partial charge in [-0.05, 0) is 18.2 Å². The highest BCUT2D eigenvalue weighted by atomic mass is 15.1. The van der Waals surface area contributed by atoms with Crippen LogP contribution in [0.2, 0.25) is 0 Å². The molecule has 0 amide bonds. The molecule has 5 heteroatoms. The normalized spacial score (nSPS) is 9.67. The number of hydrogen-bond acceptors (Lipinski definition) is 5. The molecule has 0 atom stereocenters. The number of aromatic nitrogens is 3. The fraction of sp³-hybridized carbons (Fsp3) is 0.100. The molecule has 0 fully saturated rings. The molecule has 0 aliphatic carbocycles. The molecule has 0 aromatic carbocycles. The molecule has 15 heavy (non-hydrogen) atoms. The van der Waals surface area contributed by atoms with Gasteiger partial charge in [0, 0.05) is 19.4 Å². The lowest BCUT2D eigenvalue weighted by atomic mass is 10.4. The summed E-state index contributed by atoms with van der Waals surface area (Å²) in [5.41, 5.74) is 0.901. The minimum atomic E-state index is 0.587. The van der Waals surface area contributed by atoms with Crippen molar-refractivity contribution < 1.29 is 0 Å². The average Bonchev–Trinajstić information content (AvgIpc) is 2.31. The molecule has 2 heterocycles. The van der Waals surface area contributed by atoms with Gasteiger partial charge in [-0.25, -0.2) is 4.98 Å². The Kier molecular flexibility index (Phi) is 2.73. The van der Waals surface area contributed by atoms with E-state index < -0.39 is 0 Å². The Labute approximate surface area is 87.6 Å². The summed E-state index contributed by atoms with van der Waals surface area (Å²) in [7, 11) is 1.78. The molecule has 0 saturated heterocycles. The van der Waals surface area contributed by atoms with Crippen LogP contribution in [-0.2, 0) is 0 Å². The van der Waals surface area contributed by atoms with Crippen LogP contribution in [0.15, 0.2) is 36.8 Å². The summed E-state index contributed by atoms with van der Waals surface area (Å²) in [5, 5.41) is 6.00. The van der Waals surface area contributed by atoms with E-state index in [1.165, 1.54) is 0 Å². The Morgan fingerprint density at radius 2 is 2.13 bits per heavy atom. The van der Waals surface area contributed by atoms with Crippen LogP contribution in [0.5, 0.6) is 0 Å². The largest absolute Gasteiger partial charge is 0.357 e. The highest BCUT2D eigenvalue weighted by Crippen LogP contribution is 2.12. The molecule has 2 aromatic heterocycles. The number of anilines is 3. The molecular weight excluding hydrogens is 190 g/mol. The van der Waals surface area contributed by atoms with Gasteiger partial charge in [-0.15, -0.1) is 0 Å². The van der Waals surface area contributed by atoms with Crippen molar-refractivity contribution in [3.8, 4) is 0 Å². The third kappa shape index (κ3) is 2.40. The number of nitrogens with one attached hydrogen (secondary N) is 2. The zero-order valence-corrected chi connectivity index (χ0v) is 8.31. The minimum Gasteiger partial charge on any atom is -0.357 e. The Bertz CT molecular complexity index is 429. The van der Waals surface area contributed by atoms with Crippen molar-refractivity contribution in [3.63, 3.8) is 0 Å². The predicted octanol–water partition coefficient (Wildman–Crippen LogP) is 1.66. The third-order valence-corrected chi connectivity index (χ3v) is 1.81. The summed E-state index contributed by atoms with van der Waals surface area (Å²) in [6.07, 6.45) is 5.16. The molecule has 0 saturated carbocycles. The van der Waals surface area contributed by atoms with E-state index in [4.69, 9.17) is 0 Å². The molecule has 0 bridgehead atoms. The summed E-state index contributed by atoms with van der Waals surface area (Å²) < 4.78 is 0. The molecular formula is C10H11N5. The summed E-state index contributed by atoms with van der Waals surface area (Å²) in [6, 6.07) is 5.59. The van der Waals surface area contributed by atoms with Crippen LogP contribution in [0.25, 0.3) is 0 Å². The molecule has 2 aromatic rings. The lowest BCUT2D eigenvalue weighted by Gasteiger charge is -2.05. The molecule has 2 rings (SSSR count). The smallest absolute Gasteiger partial charge is 0.224 e. The Morgan fingerprint density at radius 1 is 1.20 bits per heavy atom. The highest BCUT2D eigenvalue weighted by molar-refractivity contribution is 5.55. The van der Waals surface area contributed by atoms with Crippen LogP contribution >= 0.6 is 0 Å². The lowest BCUT2D eigenvalue weighted by molar-refractivity contribution is 1.15. The second-order valence-corrected chi connectivity index (χ2v) is 2.88. The van der Waals surface area contributed by atoms with E-state index in [0.717, 1.165) is 11.5 Å². The number of pyridine rings is 1. The van der Waals surface area contributed by atoms with E-state index in [2.05, 4.69) is 25.6 Å². The van der Waals surface area contributed by atoms with E-state index in [1.54, 1.807) is 31.7 Å². The van der Waals surface area contributed by atoms with Crippen molar-refractivity contribution in [2.45, 2.75) is 0 Å². The standard InChI is InChI=1S/C10H11N5/c1-11-10-13-6-4-9(15-10)14-8-3-2-5-12-7-8/h2-7H,1H3,(H2,11,13,14,15). The maximum absolute atomic E-state index is 4.23. The Hall–Kier alpha value is -2.17. The van der Waals surface area contributed by atoms with Crippen molar-refractivity contribution in [2.75, 3.05) is 17.7 Å². The van der Waals surface area contributed by atoms with Gasteiger partial charge in [0.15, 0.2) is 0 Å². The van der Waals surface area contributed by atoms with Crippen molar-refractivity contribution in [1.29, 1.82) is 0 Å². The molecule has 0 unspecified atom stereocenters. The van der Waals surface area contributed by atoms with Gasteiger partial charge in [0.2, 0.25) is 5.95 Å². The van der Waals surface area contributed by atoms with Crippen LogP contribution in [-0.4, -0.2) is 22.0 Å². The third-order valence-electron chi connectivity index (χ3n) is 1.81. The number of hydrogen-bond donors (Lipinski definition) is 2. The lowest BCUT2D eigenvalue weighted by Crippen LogP contribution is -1.99. The van der Waals surface area contributed by atoms with Crippen molar-refractivity contribution in [3.05, 3.63) is 36.8 Å². The topological polar surface area (TPSA) is 62.7 Å². The first-order chi connectivity index (χ1) is 7.38. The maximum Gasteiger partial charge on any atom is 0.224 e. The summed E-state index contributed by atoms with van der Waals surface area (Å²) >= 11 is 0. The number of rotatable bonds is 3. The summed E-state index contributed by atoms with van der Waals surface area (Å²) in [6.45, 7) is 0. The van der Waals surface area contributed by atoms with E-state index in [0.29, 0.717) is 5.95 Å². The minimum absolute atomic E-state index is 0.587. The number of nitrogens with zero attached hydrogens (tertiary/aromatic N) is 3. The molecule has 0 aliphatic heterocycles. The molecule has 0 spiro atoms. The summed E-state index contributed by atoms with van der Waals surface area (Å²) in [4.78, 5) is 12.2. The second kappa shape index (κ2) is 4.36. The highest BCUT2D eigenvalue weighted by Gasteiger charge is 1.97. The first-order valence-corrected chi connectivity index (χ1v) is 4.56. The zero-order valence-electron chi connectivity index (χ0n) is 8.31. The molecule has 5 nitrogen and oxygen atoms in total. The van der Waals surface area contributed by atoms with Crippen LogP contribution < -0.4 is 10.6 Å². The van der Waals surface area contributed by atoms with Crippen molar-refractivity contribution in [2.24, 2.45) is 0 Å². The Balaban J connectivity index is 2.17. The van der Waals surface area contributed by atoms with E-state index in [-0.39, 0.29) is 0 Å². The average molecular weight is 201 g/mol. The van der Waals surface area contributed by atoms with Crippen LogP contribution in [0.1, 0.15) is 0 Å². The van der Waals surface area contributed by atoms with Gasteiger partial charge in [-0.1, -0.05) is 0 Å². The van der Waals surface area contributed by atoms with Gasteiger partial charge in [0.05, 0.1) is 11.9 Å². The van der Waals surface area contributed by atoms with Gasteiger partial charge in [-0.2, -0.15) is 4.98 Å². The Morgan fingerprint density at radius 3 is 2.87 bits per heavy atom. The van der Waals surface area contributed by atoms with Crippen LogP contribution in [0, 0.1) is 0 Å². The summed E-state index contributed by atoms with van der Waals surface area (Å²) in [5.74, 6) is 1.33. The second-order valence-electron chi connectivity index (χ2n) is 2.88. The van der Waals surface area contributed by atoms with E-state index in [1.807, 2.05) is 12.1 Å². The van der Waals surface area contributed by atoms with Gasteiger partial charge in [0.1, 0.15) is 5.82 Å². The maximum atomic E-state index is 4.23. The van der Waals surface area contributed by atoms with Gasteiger partial charge in [-0.3, -0.25) is 4.98 Å². The van der Waals surface area contributed by atoms with E-state index >= 15 is 0 Å². The van der Waals surface area contributed by atoms with E-state index in [9.17, 15) is 0 Å².